The van der Waals surface area contributed by atoms with Gasteiger partial charge in [0.15, 0.2) is 0 Å². The molecule has 18 heavy (non-hydrogen) atoms. The number of fused-ring (bicyclic) bond motifs is 2. The molecule has 5 heteroatoms. The van der Waals surface area contributed by atoms with Gasteiger partial charge in [0.2, 0.25) is 5.91 Å². The molecule has 4 unspecified atom stereocenters. The zero-order valence-electron chi connectivity index (χ0n) is 10.5. The van der Waals surface area contributed by atoms with E-state index < -0.39 is 12.0 Å². The number of carbonyl (C=O) groups is 2. The first-order valence-electron chi connectivity index (χ1n) is 6.78. The molecule has 1 N–H and O–H groups in total. The van der Waals surface area contributed by atoms with E-state index in [2.05, 4.69) is 0 Å². The summed E-state index contributed by atoms with van der Waals surface area (Å²) < 4.78 is 5.70. The molecule has 4 atom stereocenters. The Morgan fingerprint density at radius 1 is 1.28 bits per heavy atom. The first kappa shape index (κ1) is 12.0. The van der Waals surface area contributed by atoms with Gasteiger partial charge in [0, 0.05) is 6.04 Å². The van der Waals surface area contributed by atoms with E-state index in [0.717, 1.165) is 32.1 Å². The summed E-state index contributed by atoms with van der Waals surface area (Å²) in [6, 6.07) is -0.577. The molecule has 0 aromatic heterocycles. The van der Waals surface area contributed by atoms with Crippen molar-refractivity contribution >= 4 is 11.9 Å². The van der Waals surface area contributed by atoms with Crippen molar-refractivity contribution in [2.75, 3.05) is 0 Å². The lowest BCUT2D eigenvalue weighted by Gasteiger charge is -2.31. The Balaban J connectivity index is 1.74. The van der Waals surface area contributed by atoms with Crippen LogP contribution < -0.4 is 0 Å². The summed E-state index contributed by atoms with van der Waals surface area (Å²) in [6.07, 6.45) is 4.90. The topological polar surface area (TPSA) is 66.8 Å². The van der Waals surface area contributed by atoms with Crippen LogP contribution in [-0.2, 0) is 14.3 Å². The second-order valence-electron chi connectivity index (χ2n) is 5.71. The quantitative estimate of drug-likeness (QED) is 0.812. The molecule has 2 aliphatic heterocycles. The number of hydrogen-bond acceptors (Lipinski definition) is 3. The lowest BCUT2D eigenvalue weighted by atomic mass is 9.88. The van der Waals surface area contributed by atoms with Crippen molar-refractivity contribution < 1.29 is 19.4 Å². The second kappa shape index (κ2) is 4.23. The molecule has 3 fully saturated rings. The molecule has 100 valence electrons. The molecule has 1 amide bonds. The second-order valence-corrected chi connectivity index (χ2v) is 5.71. The first-order valence-corrected chi connectivity index (χ1v) is 6.78. The van der Waals surface area contributed by atoms with E-state index in [4.69, 9.17) is 9.84 Å². The van der Waals surface area contributed by atoms with Crippen LogP contribution in [0, 0.1) is 5.92 Å². The van der Waals surface area contributed by atoms with Crippen LogP contribution in [0.2, 0.25) is 0 Å². The average Bonchev–Trinajstić information content (AvgIpc) is 2.94. The third-order valence-electron chi connectivity index (χ3n) is 4.39. The summed E-state index contributed by atoms with van der Waals surface area (Å²) in [4.78, 5) is 25.3. The molecule has 2 saturated heterocycles. The maximum atomic E-state index is 12.5. The van der Waals surface area contributed by atoms with Crippen LogP contribution in [0.15, 0.2) is 0 Å². The molecule has 0 aromatic rings. The van der Waals surface area contributed by atoms with Gasteiger partial charge in [0.1, 0.15) is 6.04 Å². The SMILES string of the molecule is CC(C(=O)O)N(C(=O)C1CC2CCC1O2)C1CC1. The minimum Gasteiger partial charge on any atom is -0.480 e. The number of ether oxygens (including phenoxy) is 1. The number of carbonyl (C=O) groups excluding carboxylic acids is 1. The van der Waals surface area contributed by atoms with Gasteiger partial charge in [-0.05, 0) is 39.0 Å². The Bertz CT molecular complexity index is 379. The predicted molar refractivity (Wildman–Crippen MR) is 63.0 cm³/mol. The van der Waals surface area contributed by atoms with Gasteiger partial charge in [0.25, 0.3) is 0 Å². The highest BCUT2D eigenvalue weighted by atomic mass is 16.5. The van der Waals surface area contributed by atoms with E-state index >= 15 is 0 Å². The number of rotatable bonds is 4. The van der Waals surface area contributed by atoms with Crippen molar-refractivity contribution in [1.29, 1.82) is 0 Å². The summed E-state index contributed by atoms with van der Waals surface area (Å²) in [5, 5.41) is 9.13. The number of amides is 1. The van der Waals surface area contributed by atoms with Crippen LogP contribution in [0.3, 0.4) is 0 Å². The molecule has 2 bridgehead atoms. The fraction of sp³-hybridized carbons (Fsp3) is 0.846. The number of hydrogen-bond donors (Lipinski definition) is 1. The Morgan fingerprint density at radius 2 is 2.00 bits per heavy atom. The molecule has 3 aliphatic rings. The van der Waals surface area contributed by atoms with Gasteiger partial charge < -0.3 is 14.7 Å². The van der Waals surface area contributed by atoms with Gasteiger partial charge in [-0.15, -0.1) is 0 Å². The lowest BCUT2D eigenvalue weighted by Crippen LogP contribution is -2.49. The number of carboxylic acid groups (broad SMARTS) is 1. The van der Waals surface area contributed by atoms with Crippen molar-refractivity contribution in [2.45, 2.75) is 63.3 Å². The number of carboxylic acids is 1. The first-order chi connectivity index (χ1) is 8.58. The Kier molecular flexibility index (Phi) is 2.81. The van der Waals surface area contributed by atoms with Gasteiger partial charge >= 0.3 is 5.97 Å². The number of nitrogens with zero attached hydrogens (tertiary/aromatic N) is 1. The van der Waals surface area contributed by atoms with Crippen molar-refractivity contribution in [1.82, 2.24) is 4.90 Å². The Labute approximate surface area is 106 Å². The van der Waals surface area contributed by atoms with Crippen molar-refractivity contribution in [2.24, 2.45) is 5.92 Å². The zero-order valence-corrected chi connectivity index (χ0v) is 10.5. The third kappa shape index (κ3) is 1.90. The van der Waals surface area contributed by atoms with Gasteiger partial charge in [-0.25, -0.2) is 4.79 Å². The lowest BCUT2D eigenvalue weighted by molar-refractivity contribution is -0.152. The highest BCUT2D eigenvalue weighted by molar-refractivity contribution is 5.86. The summed E-state index contributed by atoms with van der Waals surface area (Å²) in [5.74, 6) is -1.02. The highest BCUT2D eigenvalue weighted by Gasteiger charge is 2.49. The Hall–Kier alpha value is -1.10. The van der Waals surface area contributed by atoms with Crippen molar-refractivity contribution in [3.63, 3.8) is 0 Å². The van der Waals surface area contributed by atoms with Gasteiger partial charge in [-0.3, -0.25) is 4.79 Å². The fourth-order valence-electron chi connectivity index (χ4n) is 3.25. The third-order valence-corrected chi connectivity index (χ3v) is 4.39. The van der Waals surface area contributed by atoms with Crippen molar-refractivity contribution in [3.05, 3.63) is 0 Å². The highest BCUT2D eigenvalue weighted by Crippen LogP contribution is 2.41. The molecule has 1 aliphatic carbocycles. The summed E-state index contributed by atoms with van der Waals surface area (Å²) in [7, 11) is 0. The molecule has 1 saturated carbocycles. The van der Waals surface area contributed by atoms with Crippen LogP contribution in [0.25, 0.3) is 0 Å². The largest absolute Gasteiger partial charge is 0.480 e. The molecular weight excluding hydrogens is 234 g/mol. The number of aliphatic carboxylic acids is 1. The van der Waals surface area contributed by atoms with E-state index in [9.17, 15) is 9.59 Å². The van der Waals surface area contributed by atoms with Crippen LogP contribution in [-0.4, -0.2) is 46.2 Å². The van der Waals surface area contributed by atoms with E-state index in [0.29, 0.717) is 0 Å². The van der Waals surface area contributed by atoms with Crippen LogP contribution in [0.4, 0.5) is 0 Å². The normalized spacial score (nSPS) is 35.5. The molecule has 3 rings (SSSR count). The Morgan fingerprint density at radius 3 is 2.44 bits per heavy atom. The van der Waals surface area contributed by atoms with Crippen LogP contribution in [0.1, 0.15) is 39.0 Å². The van der Waals surface area contributed by atoms with Crippen LogP contribution >= 0.6 is 0 Å². The summed E-state index contributed by atoms with van der Waals surface area (Å²) in [6.45, 7) is 1.60. The fourth-order valence-corrected chi connectivity index (χ4v) is 3.25. The minimum atomic E-state index is -0.917. The van der Waals surface area contributed by atoms with E-state index in [1.54, 1.807) is 11.8 Å². The minimum absolute atomic E-state index is 0.000370. The molecule has 2 heterocycles. The van der Waals surface area contributed by atoms with Crippen LogP contribution in [0.5, 0.6) is 0 Å². The summed E-state index contributed by atoms with van der Waals surface area (Å²) in [5.41, 5.74) is 0. The maximum absolute atomic E-state index is 12.5. The molecule has 0 aromatic carbocycles. The maximum Gasteiger partial charge on any atom is 0.326 e. The average molecular weight is 253 g/mol. The van der Waals surface area contributed by atoms with Gasteiger partial charge in [0.05, 0.1) is 18.1 Å². The van der Waals surface area contributed by atoms with E-state index in [-0.39, 0.29) is 30.1 Å². The molecule has 5 nitrogen and oxygen atoms in total. The monoisotopic (exact) mass is 253 g/mol. The predicted octanol–water partition coefficient (Wildman–Crippen LogP) is 1.02. The molecule has 0 spiro atoms. The van der Waals surface area contributed by atoms with Crippen molar-refractivity contribution in [3.8, 4) is 0 Å². The van der Waals surface area contributed by atoms with E-state index in [1.807, 2.05) is 0 Å². The zero-order chi connectivity index (χ0) is 12.9. The van der Waals surface area contributed by atoms with Gasteiger partial charge in [-0.2, -0.15) is 0 Å². The van der Waals surface area contributed by atoms with Gasteiger partial charge in [-0.1, -0.05) is 0 Å². The summed E-state index contributed by atoms with van der Waals surface area (Å²) >= 11 is 0. The molecular formula is C13H19NO4. The van der Waals surface area contributed by atoms with E-state index in [1.165, 1.54) is 0 Å². The molecule has 0 radical (unpaired) electrons. The standard InChI is InChI=1S/C13H19NO4/c1-7(13(16)17)14(8-2-3-8)12(15)10-6-9-4-5-11(10)18-9/h7-11H,2-6H2,1H3,(H,16,17). The smallest absolute Gasteiger partial charge is 0.326 e.